The molecule has 3 heterocycles. The molecule has 0 bridgehead atoms. The molecule has 3 heteroatoms. The summed E-state index contributed by atoms with van der Waals surface area (Å²) in [4.78, 5) is 0. The first-order valence-electron chi connectivity index (χ1n) is 16.1. The summed E-state index contributed by atoms with van der Waals surface area (Å²) in [7, 11) is 0. The summed E-state index contributed by atoms with van der Waals surface area (Å²) in [6.07, 6.45) is 2.31. The van der Waals surface area contributed by atoms with Gasteiger partial charge in [-0.25, -0.2) is 0 Å². The van der Waals surface area contributed by atoms with E-state index in [-0.39, 0.29) is 0 Å². The van der Waals surface area contributed by atoms with Crippen molar-refractivity contribution in [1.29, 1.82) is 0 Å². The fourth-order valence-electron chi connectivity index (χ4n) is 7.64. The highest BCUT2D eigenvalue weighted by atomic mass is 15.0. The summed E-state index contributed by atoms with van der Waals surface area (Å²) in [5.41, 5.74) is 11.9. The minimum absolute atomic E-state index is 1.13. The van der Waals surface area contributed by atoms with Gasteiger partial charge in [-0.2, -0.15) is 0 Å². The molecule has 0 spiro atoms. The second-order valence-electron chi connectivity index (χ2n) is 12.2. The summed E-state index contributed by atoms with van der Waals surface area (Å²) < 4.78 is 7.25. The van der Waals surface area contributed by atoms with Crippen molar-refractivity contribution in [2.75, 3.05) is 0 Å². The normalized spacial score (nSPS) is 11.8. The van der Waals surface area contributed by atoms with Gasteiger partial charge in [-0.15, -0.1) is 0 Å². The van der Waals surface area contributed by atoms with Crippen LogP contribution >= 0.6 is 0 Å². The minimum Gasteiger partial charge on any atom is -0.314 e. The van der Waals surface area contributed by atoms with Crippen LogP contribution in [0.3, 0.4) is 0 Å². The molecule has 0 amide bonds. The molecule has 0 radical (unpaired) electrons. The van der Waals surface area contributed by atoms with E-state index in [2.05, 4.69) is 190 Å². The van der Waals surface area contributed by atoms with E-state index in [1.54, 1.807) is 0 Å². The number of rotatable bonds is 4. The van der Waals surface area contributed by atoms with Crippen LogP contribution in [0.1, 0.15) is 0 Å². The zero-order valence-corrected chi connectivity index (χ0v) is 25.6. The second kappa shape index (κ2) is 10.1. The average Bonchev–Trinajstić information content (AvgIpc) is 3.81. The zero-order valence-electron chi connectivity index (χ0n) is 25.6. The van der Waals surface area contributed by atoms with Gasteiger partial charge in [0, 0.05) is 55.8 Å². The molecule has 0 saturated heterocycles. The number of nitrogens with zero attached hydrogens (tertiary/aromatic N) is 3. The van der Waals surface area contributed by atoms with Crippen molar-refractivity contribution in [2.45, 2.75) is 0 Å². The van der Waals surface area contributed by atoms with E-state index < -0.39 is 0 Å². The van der Waals surface area contributed by atoms with E-state index in [1.165, 1.54) is 65.6 Å². The molecule has 3 aromatic heterocycles. The second-order valence-corrected chi connectivity index (χ2v) is 12.2. The van der Waals surface area contributed by atoms with E-state index in [9.17, 15) is 0 Å². The molecule has 7 aromatic carbocycles. The number of benzene rings is 7. The first-order chi connectivity index (χ1) is 23.3. The lowest BCUT2D eigenvalue weighted by molar-refractivity contribution is 1.11. The predicted molar refractivity (Wildman–Crippen MR) is 197 cm³/mol. The molecule has 3 nitrogen and oxygen atoms in total. The maximum atomic E-state index is 2.47. The molecule has 47 heavy (non-hydrogen) atoms. The Hall–Kier alpha value is -6.32. The molecule has 0 saturated carbocycles. The topological polar surface area (TPSA) is 14.8 Å². The third-order valence-corrected chi connectivity index (χ3v) is 9.64. The van der Waals surface area contributed by atoms with Crippen LogP contribution in [-0.2, 0) is 0 Å². The number of fused-ring (bicyclic) bond motifs is 8. The van der Waals surface area contributed by atoms with E-state index in [0.717, 1.165) is 17.1 Å². The minimum atomic E-state index is 1.13. The third kappa shape index (κ3) is 3.81. The lowest BCUT2D eigenvalue weighted by Gasteiger charge is -2.14. The molecule has 0 unspecified atom stereocenters. The van der Waals surface area contributed by atoms with Crippen LogP contribution in [0.25, 0.3) is 82.7 Å². The van der Waals surface area contributed by atoms with Gasteiger partial charge in [0.25, 0.3) is 0 Å². The molecule has 0 atom stereocenters. The molecular formula is C44H29N3. The SMILES string of the molecule is c1ccc(-c2cn(-c3ccccc3)c3c2ccc2c4ccccc4n(-c4cccc(-n5c6ccccc6c6ccccc65)c4)c23)cc1. The molecule has 0 aliphatic heterocycles. The molecule has 0 aliphatic carbocycles. The van der Waals surface area contributed by atoms with Gasteiger partial charge >= 0.3 is 0 Å². The molecule has 10 rings (SSSR count). The van der Waals surface area contributed by atoms with Gasteiger partial charge in [0.05, 0.1) is 27.6 Å². The lowest BCUT2D eigenvalue weighted by Crippen LogP contribution is -2.00. The van der Waals surface area contributed by atoms with Crippen LogP contribution < -0.4 is 0 Å². The van der Waals surface area contributed by atoms with Gasteiger partial charge in [0.2, 0.25) is 0 Å². The van der Waals surface area contributed by atoms with Crippen molar-refractivity contribution in [3.8, 4) is 28.2 Å². The summed E-state index contributed by atoms with van der Waals surface area (Å²) in [6, 6.07) is 61.3. The fourth-order valence-corrected chi connectivity index (χ4v) is 7.64. The summed E-state index contributed by atoms with van der Waals surface area (Å²) in [6.45, 7) is 0. The van der Waals surface area contributed by atoms with Crippen LogP contribution in [0.5, 0.6) is 0 Å². The zero-order chi connectivity index (χ0) is 30.9. The van der Waals surface area contributed by atoms with E-state index in [4.69, 9.17) is 0 Å². The highest BCUT2D eigenvalue weighted by Crippen LogP contribution is 2.42. The molecule has 0 aliphatic rings. The third-order valence-electron chi connectivity index (χ3n) is 9.64. The summed E-state index contributed by atoms with van der Waals surface area (Å²) in [5, 5.41) is 6.25. The Morgan fingerprint density at radius 1 is 0.319 bits per heavy atom. The Balaban J connectivity index is 1.33. The van der Waals surface area contributed by atoms with Crippen molar-refractivity contribution >= 4 is 54.5 Å². The van der Waals surface area contributed by atoms with Gasteiger partial charge in [0.15, 0.2) is 0 Å². The Morgan fingerprint density at radius 2 is 0.809 bits per heavy atom. The highest BCUT2D eigenvalue weighted by Gasteiger charge is 2.21. The summed E-state index contributed by atoms with van der Waals surface area (Å²) in [5.74, 6) is 0. The standard InChI is InChI=1S/C44H29N3/c1-3-14-30(15-4-1)39-29-45(31-16-5-2-6-17-31)43-38(39)27-26-37-36-22-9-12-25-42(36)47(44(37)43)33-19-13-18-32(28-33)46-40-23-10-7-20-34(40)35-21-8-11-24-41(35)46/h1-29H. The Labute approximate surface area is 271 Å². The lowest BCUT2D eigenvalue weighted by atomic mass is 10.0. The van der Waals surface area contributed by atoms with Gasteiger partial charge in [-0.3, -0.25) is 0 Å². The van der Waals surface area contributed by atoms with E-state index in [1.807, 2.05) is 0 Å². The molecule has 0 N–H and O–H groups in total. The maximum Gasteiger partial charge on any atom is 0.0788 e. The number of hydrogen-bond donors (Lipinski definition) is 0. The van der Waals surface area contributed by atoms with Crippen molar-refractivity contribution in [1.82, 2.24) is 13.7 Å². The van der Waals surface area contributed by atoms with Crippen molar-refractivity contribution < 1.29 is 0 Å². The Kier molecular flexibility index (Phi) is 5.57. The van der Waals surface area contributed by atoms with Crippen molar-refractivity contribution in [3.63, 3.8) is 0 Å². The maximum absolute atomic E-state index is 2.47. The number of para-hydroxylation sites is 4. The summed E-state index contributed by atoms with van der Waals surface area (Å²) >= 11 is 0. The molecule has 220 valence electrons. The first kappa shape index (κ1) is 26.0. The Morgan fingerprint density at radius 3 is 1.47 bits per heavy atom. The molecule has 10 aromatic rings. The van der Waals surface area contributed by atoms with Crippen molar-refractivity contribution in [3.05, 3.63) is 176 Å². The number of aromatic nitrogens is 3. The highest BCUT2D eigenvalue weighted by molar-refractivity contribution is 6.20. The van der Waals surface area contributed by atoms with Crippen LogP contribution in [0.15, 0.2) is 176 Å². The van der Waals surface area contributed by atoms with Crippen molar-refractivity contribution in [2.24, 2.45) is 0 Å². The van der Waals surface area contributed by atoms with Gasteiger partial charge in [-0.1, -0.05) is 121 Å². The van der Waals surface area contributed by atoms with Crippen LogP contribution in [0.4, 0.5) is 0 Å². The van der Waals surface area contributed by atoms with Gasteiger partial charge < -0.3 is 13.7 Å². The van der Waals surface area contributed by atoms with E-state index >= 15 is 0 Å². The largest absolute Gasteiger partial charge is 0.314 e. The monoisotopic (exact) mass is 599 g/mol. The van der Waals surface area contributed by atoms with Crippen LogP contribution in [-0.4, -0.2) is 13.7 Å². The first-order valence-corrected chi connectivity index (χ1v) is 16.1. The van der Waals surface area contributed by atoms with Crippen LogP contribution in [0.2, 0.25) is 0 Å². The van der Waals surface area contributed by atoms with Crippen LogP contribution in [0, 0.1) is 0 Å². The predicted octanol–water partition coefficient (Wildman–Crippen LogP) is 11.5. The van der Waals surface area contributed by atoms with Gasteiger partial charge in [0.1, 0.15) is 0 Å². The molecule has 0 fully saturated rings. The fraction of sp³-hybridized carbons (Fsp3) is 0. The average molecular weight is 600 g/mol. The smallest absolute Gasteiger partial charge is 0.0788 e. The van der Waals surface area contributed by atoms with Gasteiger partial charge in [-0.05, 0) is 54.1 Å². The molecular weight excluding hydrogens is 571 g/mol. The Bertz CT molecular complexity index is 2720. The quantitative estimate of drug-likeness (QED) is 0.191. The van der Waals surface area contributed by atoms with E-state index in [0.29, 0.717) is 0 Å². The number of hydrogen-bond acceptors (Lipinski definition) is 0.